The molecule has 1 atom stereocenters. The number of carbonyl (C=O) groups is 1. The molecule has 4 heteroatoms. The van der Waals surface area contributed by atoms with Crippen molar-refractivity contribution in [2.45, 2.75) is 45.6 Å². The zero-order valence-corrected chi connectivity index (χ0v) is 11.7. The highest BCUT2D eigenvalue weighted by molar-refractivity contribution is 5.75. The predicted molar refractivity (Wildman–Crippen MR) is 70.9 cm³/mol. The first kappa shape index (κ1) is 14.3. The van der Waals surface area contributed by atoms with Gasteiger partial charge in [0.25, 0.3) is 0 Å². The van der Waals surface area contributed by atoms with E-state index >= 15 is 0 Å². The van der Waals surface area contributed by atoms with Crippen molar-refractivity contribution in [1.82, 2.24) is 9.80 Å². The van der Waals surface area contributed by atoms with Gasteiger partial charge in [-0.15, -0.1) is 0 Å². The second-order valence-electron chi connectivity index (χ2n) is 5.57. The molecule has 1 aliphatic heterocycles. The quantitative estimate of drug-likeness (QED) is 0.820. The summed E-state index contributed by atoms with van der Waals surface area (Å²) in [6.07, 6.45) is 3.12. The average Bonchev–Trinajstić information content (AvgIpc) is 2.37. The molecule has 4 nitrogen and oxygen atoms in total. The molecule has 0 aliphatic carbocycles. The van der Waals surface area contributed by atoms with E-state index in [-0.39, 0.29) is 11.6 Å². The van der Waals surface area contributed by atoms with Gasteiger partial charge >= 0.3 is 6.03 Å². The summed E-state index contributed by atoms with van der Waals surface area (Å²) in [4.78, 5) is 16.1. The van der Waals surface area contributed by atoms with Gasteiger partial charge in [0.2, 0.25) is 0 Å². The Morgan fingerprint density at radius 3 is 2.41 bits per heavy atom. The number of carbonyl (C=O) groups excluding carboxylic acids is 1. The van der Waals surface area contributed by atoms with Crippen molar-refractivity contribution >= 4 is 6.03 Å². The second kappa shape index (κ2) is 5.71. The van der Waals surface area contributed by atoms with Crippen LogP contribution in [-0.4, -0.2) is 48.1 Å². The smallest absolute Gasteiger partial charge is 0.320 e. The van der Waals surface area contributed by atoms with Gasteiger partial charge in [0.1, 0.15) is 0 Å². The lowest BCUT2D eigenvalue weighted by Gasteiger charge is -2.41. The summed E-state index contributed by atoms with van der Waals surface area (Å²) < 4.78 is 0. The molecule has 0 aromatic rings. The summed E-state index contributed by atoms with van der Waals surface area (Å²) in [5, 5.41) is 0. The fourth-order valence-corrected chi connectivity index (χ4v) is 2.16. The average molecular weight is 241 g/mol. The van der Waals surface area contributed by atoms with Crippen molar-refractivity contribution in [2.75, 3.05) is 26.7 Å². The Morgan fingerprint density at radius 1 is 1.47 bits per heavy atom. The molecule has 2 amide bonds. The first-order valence-corrected chi connectivity index (χ1v) is 6.67. The Balaban J connectivity index is 2.63. The lowest BCUT2D eigenvalue weighted by molar-refractivity contribution is 0.0997. The van der Waals surface area contributed by atoms with E-state index < -0.39 is 0 Å². The van der Waals surface area contributed by atoms with Crippen LogP contribution in [0.1, 0.15) is 40.0 Å². The second-order valence-corrected chi connectivity index (χ2v) is 5.57. The molecule has 1 unspecified atom stereocenters. The van der Waals surface area contributed by atoms with E-state index in [1.165, 1.54) is 0 Å². The summed E-state index contributed by atoms with van der Waals surface area (Å²) in [5.74, 6) is 0.747. The number of nitrogens with zero attached hydrogens (tertiary/aromatic N) is 2. The highest BCUT2D eigenvalue weighted by atomic mass is 16.2. The molecule has 100 valence electrons. The summed E-state index contributed by atoms with van der Waals surface area (Å²) in [7, 11) is 1.87. The van der Waals surface area contributed by atoms with Crippen molar-refractivity contribution < 1.29 is 4.79 Å². The van der Waals surface area contributed by atoms with Crippen LogP contribution in [0.5, 0.6) is 0 Å². The van der Waals surface area contributed by atoms with Crippen LogP contribution in [-0.2, 0) is 0 Å². The van der Waals surface area contributed by atoms with E-state index in [2.05, 4.69) is 20.8 Å². The number of hydrogen-bond donors (Lipinski definition) is 1. The third-order valence-electron chi connectivity index (χ3n) is 4.35. The van der Waals surface area contributed by atoms with Crippen LogP contribution in [0.3, 0.4) is 0 Å². The normalized spacial score (nSPS) is 21.1. The number of urea groups is 1. The van der Waals surface area contributed by atoms with E-state index in [9.17, 15) is 4.79 Å². The topological polar surface area (TPSA) is 49.6 Å². The van der Waals surface area contributed by atoms with E-state index in [0.717, 1.165) is 38.3 Å². The number of piperidine rings is 1. The molecule has 0 aromatic carbocycles. The monoisotopic (exact) mass is 241 g/mol. The Morgan fingerprint density at radius 2 is 2.00 bits per heavy atom. The Labute approximate surface area is 105 Å². The minimum absolute atomic E-state index is 0.131. The number of hydrogen-bond acceptors (Lipinski definition) is 2. The molecule has 17 heavy (non-hydrogen) atoms. The van der Waals surface area contributed by atoms with Gasteiger partial charge in [-0.2, -0.15) is 0 Å². The molecule has 0 spiro atoms. The van der Waals surface area contributed by atoms with Crippen molar-refractivity contribution in [1.29, 1.82) is 0 Å². The van der Waals surface area contributed by atoms with E-state index in [0.29, 0.717) is 6.54 Å². The molecule has 1 aliphatic rings. The van der Waals surface area contributed by atoms with Crippen LogP contribution in [0.15, 0.2) is 0 Å². The molecule has 1 rings (SSSR count). The maximum atomic E-state index is 12.4. The number of nitrogens with two attached hydrogens (primary N) is 1. The van der Waals surface area contributed by atoms with Crippen molar-refractivity contribution in [3.8, 4) is 0 Å². The molecule has 2 N–H and O–H groups in total. The lowest BCUT2D eigenvalue weighted by Crippen LogP contribution is -2.56. The van der Waals surface area contributed by atoms with Crippen LogP contribution < -0.4 is 5.73 Å². The summed E-state index contributed by atoms with van der Waals surface area (Å²) in [5.41, 5.74) is 5.57. The largest absolute Gasteiger partial charge is 0.328 e. The standard InChI is InChI=1S/C13H27N3O/c1-5-13(3,10-14)15(4)12(17)16-8-6-11(2)7-9-16/h11H,5-10,14H2,1-4H3. The summed E-state index contributed by atoms with van der Waals surface area (Å²) >= 11 is 0. The van der Waals surface area contributed by atoms with Gasteiger partial charge in [0.05, 0.1) is 5.54 Å². The van der Waals surface area contributed by atoms with E-state index in [1.807, 2.05) is 16.8 Å². The van der Waals surface area contributed by atoms with Crippen molar-refractivity contribution in [2.24, 2.45) is 11.7 Å². The van der Waals surface area contributed by atoms with Crippen molar-refractivity contribution in [3.63, 3.8) is 0 Å². The van der Waals surface area contributed by atoms with Crippen LogP contribution >= 0.6 is 0 Å². The Hall–Kier alpha value is -0.770. The number of likely N-dealkylation sites (N-methyl/N-ethyl adjacent to an activating group) is 1. The lowest BCUT2D eigenvalue weighted by atomic mass is 9.96. The molecule has 0 aromatic heterocycles. The van der Waals surface area contributed by atoms with E-state index in [1.54, 1.807) is 0 Å². The summed E-state index contributed by atoms with van der Waals surface area (Å²) in [6.45, 7) is 8.66. The highest BCUT2D eigenvalue weighted by Crippen LogP contribution is 2.21. The van der Waals surface area contributed by atoms with Crippen LogP contribution in [0.4, 0.5) is 4.79 Å². The molecule has 0 radical (unpaired) electrons. The zero-order valence-electron chi connectivity index (χ0n) is 11.7. The van der Waals surface area contributed by atoms with Crippen LogP contribution in [0.25, 0.3) is 0 Å². The van der Waals surface area contributed by atoms with Crippen LogP contribution in [0.2, 0.25) is 0 Å². The maximum absolute atomic E-state index is 12.4. The predicted octanol–water partition coefficient (Wildman–Crippen LogP) is 1.90. The molecular formula is C13H27N3O. The third-order valence-corrected chi connectivity index (χ3v) is 4.35. The molecular weight excluding hydrogens is 214 g/mol. The van der Waals surface area contributed by atoms with Crippen LogP contribution in [0, 0.1) is 5.92 Å². The van der Waals surface area contributed by atoms with Gasteiger partial charge in [0.15, 0.2) is 0 Å². The number of likely N-dealkylation sites (tertiary alicyclic amines) is 1. The maximum Gasteiger partial charge on any atom is 0.320 e. The highest BCUT2D eigenvalue weighted by Gasteiger charge is 2.33. The van der Waals surface area contributed by atoms with Crippen molar-refractivity contribution in [3.05, 3.63) is 0 Å². The Kier molecular flexibility index (Phi) is 4.80. The first-order chi connectivity index (χ1) is 7.94. The minimum Gasteiger partial charge on any atom is -0.328 e. The van der Waals surface area contributed by atoms with Gasteiger partial charge in [-0.05, 0) is 32.1 Å². The number of rotatable bonds is 3. The van der Waals surface area contributed by atoms with Gasteiger partial charge in [0, 0.05) is 26.7 Å². The third kappa shape index (κ3) is 3.12. The minimum atomic E-state index is -0.222. The molecule has 1 heterocycles. The van der Waals surface area contributed by atoms with Gasteiger partial charge in [-0.3, -0.25) is 0 Å². The number of amides is 2. The Bertz CT molecular complexity index is 255. The molecule has 1 saturated heterocycles. The SMILES string of the molecule is CCC(C)(CN)N(C)C(=O)N1CCC(C)CC1. The molecule has 1 fully saturated rings. The van der Waals surface area contributed by atoms with Gasteiger partial charge in [-0.25, -0.2) is 4.79 Å². The van der Waals surface area contributed by atoms with Gasteiger partial charge < -0.3 is 15.5 Å². The first-order valence-electron chi connectivity index (χ1n) is 6.67. The van der Waals surface area contributed by atoms with Gasteiger partial charge in [-0.1, -0.05) is 13.8 Å². The zero-order chi connectivity index (χ0) is 13.1. The van der Waals surface area contributed by atoms with E-state index in [4.69, 9.17) is 5.73 Å². The fourth-order valence-electron chi connectivity index (χ4n) is 2.16. The molecule has 0 bridgehead atoms. The summed E-state index contributed by atoms with van der Waals surface area (Å²) in [6, 6.07) is 0.131. The molecule has 0 saturated carbocycles. The fraction of sp³-hybridized carbons (Fsp3) is 0.923.